The second-order valence-corrected chi connectivity index (χ2v) is 53.6. The van der Waals surface area contributed by atoms with E-state index in [2.05, 4.69) is 123 Å². The fourth-order valence-corrected chi connectivity index (χ4v) is 34.5. The van der Waals surface area contributed by atoms with Crippen LogP contribution in [0.3, 0.4) is 0 Å². The molecule has 15 rings (SSSR count). The first-order valence-electron chi connectivity index (χ1n) is 51.0. The maximum absolute atomic E-state index is 13.0. The Morgan fingerprint density at radius 3 is 1.05 bits per heavy atom. The summed E-state index contributed by atoms with van der Waals surface area (Å²) in [6, 6.07) is 18.9. The summed E-state index contributed by atoms with van der Waals surface area (Å²) in [6.07, 6.45) is 26.9. The van der Waals surface area contributed by atoms with Crippen molar-refractivity contribution in [3.8, 4) is 0 Å². The van der Waals surface area contributed by atoms with Crippen molar-refractivity contribution >= 4 is 56.6 Å². The minimum atomic E-state index is -3.99. The van der Waals surface area contributed by atoms with Crippen LogP contribution in [0.4, 0.5) is 9.59 Å². The van der Waals surface area contributed by atoms with Crippen LogP contribution in [0.25, 0.3) is 0 Å². The largest absolute Gasteiger partial charge is 0.393 e. The number of sulfonamides is 3. The molecule has 3 aromatic rings. The van der Waals surface area contributed by atoms with Crippen molar-refractivity contribution in [2.24, 2.45) is 173 Å². The fraction of sp³-hybridized carbons (Fsp3) is 0.804. The number of aliphatic hydroxyl groups is 5. The quantitative estimate of drug-likeness (QED) is 0.0341. The van der Waals surface area contributed by atoms with Crippen LogP contribution in [0.2, 0.25) is 0 Å². The summed E-state index contributed by atoms with van der Waals surface area (Å²) in [5.41, 5.74) is 3.48. The van der Waals surface area contributed by atoms with Crippen molar-refractivity contribution < 1.29 is 96.3 Å². The number of isocyanates is 1. The summed E-state index contributed by atoms with van der Waals surface area (Å²) in [4.78, 5) is 40.6. The molecule has 11 N–H and O–H groups in total. The fourth-order valence-electron chi connectivity index (χ4n) is 32.0. The van der Waals surface area contributed by atoms with Gasteiger partial charge in [0, 0.05) is 52.6 Å². The molecule has 0 heterocycles. The van der Waals surface area contributed by atoms with Gasteiger partial charge in [-0.1, -0.05) is 222 Å². The van der Waals surface area contributed by atoms with Gasteiger partial charge in [0.15, 0.2) is 0 Å². The smallest absolute Gasteiger partial charge is 0.328 e. The number of rotatable bonds is 17. The number of nitrogens with zero attached hydrogens (tertiary/aromatic N) is 1. The Bertz CT molecular complexity index is 4640. The maximum Gasteiger partial charge on any atom is 0.328 e. The number of carbonyl (C=O) groups excluding carboxylic acids is 3. The molecule has 20 nitrogen and oxygen atoms in total. The van der Waals surface area contributed by atoms with E-state index < -0.39 is 42.1 Å². The molecule has 0 aliphatic heterocycles. The van der Waals surface area contributed by atoms with Gasteiger partial charge in [0.1, 0.15) is 0 Å². The van der Waals surface area contributed by atoms with E-state index in [1.807, 2.05) is 80.5 Å². The van der Waals surface area contributed by atoms with Crippen molar-refractivity contribution in [3.05, 3.63) is 89.5 Å². The summed E-state index contributed by atoms with van der Waals surface area (Å²) in [5.74, 6) is 9.64. The number of hydrogen-bond donors (Lipinski definition) is 10. The van der Waals surface area contributed by atoms with Crippen LogP contribution in [0.15, 0.2) is 92.5 Å². The Morgan fingerprint density at radius 1 is 0.455 bits per heavy atom. The Labute approximate surface area is 825 Å². The van der Waals surface area contributed by atoms with Gasteiger partial charge in [-0.25, -0.2) is 59.2 Å². The predicted molar refractivity (Wildman–Crippen MR) is 527 cm³/mol. The van der Waals surface area contributed by atoms with E-state index in [0.717, 1.165) is 132 Å². The molecule has 33 atom stereocenters. The van der Waals surface area contributed by atoms with E-state index in [-0.39, 0.29) is 157 Å². The first-order valence-corrected chi connectivity index (χ1v) is 54.9. The van der Waals surface area contributed by atoms with E-state index in [1.165, 1.54) is 63.1 Å². The molecular formula is C107H175BN6O14S3U. The number of benzene rings is 3. The average Bonchev–Trinajstić information content (AvgIpc) is 1.68. The third-order valence-corrected chi connectivity index (χ3v) is 42.4. The zero-order chi connectivity index (χ0) is 97.0. The molecule has 0 aromatic heterocycles. The van der Waals surface area contributed by atoms with Crippen LogP contribution in [-0.2, 0) is 51.1 Å². The van der Waals surface area contributed by atoms with Gasteiger partial charge in [-0.3, -0.25) is 0 Å². The summed E-state index contributed by atoms with van der Waals surface area (Å²) in [5, 5.41) is 67.5. The molecule has 0 bridgehead atoms. The molecule has 25 heteroatoms. The summed E-state index contributed by atoms with van der Waals surface area (Å²) in [7, 11) is -7.82. The number of nitrogens with one attached hydrogen (secondary N) is 4. The zero-order valence-electron chi connectivity index (χ0n) is 84.8. The van der Waals surface area contributed by atoms with E-state index in [9.17, 15) is 65.2 Å². The molecule has 12 saturated carbocycles. The molecule has 0 saturated heterocycles. The Hall–Kier alpha value is -3.69. The average molecular weight is 2120 g/mol. The summed E-state index contributed by atoms with van der Waals surface area (Å²) in [6.45, 7) is 50.3. The molecule has 12 aliphatic rings. The molecule has 132 heavy (non-hydrogen) atoms. The van der Waals surface area contributed by atoms with Gasteiger partial charge in [0.25, 0.3) is 20.0 Å². The first-order chi connectivity index (χ1) is 61.0. The Balaban J connectivity index is 0.000000208. The molecule has 0 spiro atoms. The number of urea groups is 2. The van der Waals surface area contributed by atoms with Crippen molar-refractivity contribution in [3.63, 3.8) is 0 Å². The summed E-state index contributed by atoms with van der Waals surface area (Å²) < 4.78 is 83.9. The summed E-state index contributed by atoms with van der Waals surface area (Å²) >= 11 is 0. The van der Waals surface area contributed by atoms with Gasteiger partial charge in [-0.05, 0) is 362 Å². The molecule has 4 amide bonds. The third-order valence-electron chi connectivity index (χ3n) is 38.9. The van der Waals surface area contributed by atoms with Gasteiger partial charge in [0.2, 0.25) is 16.1 Å². The molecular weight excluding hydrogens is 1940 g/mol. The topological polar surface area (TPSA) is 341 Å². The van der Waals surface area contributed by atoms with Gasteiger partial charge in [0.05, 0.1) is 51.8 Å². The third kappa shape index (κ3) is 22.1. The van der Waals surface area contributed by atoms with Crippen molar-refractivity contribution in [2.75, 3.05) is 19.6 Å². The molecule has 2 radical (unpaired) electrons. The Morgan fingerprint density at radius 2 is 0.742 bits per heavy atom. The normalized spacial score (nSPS) is 39.1. The standard InChI is InChI=1S/2C35H56N2O5S.C26H43NO2.C10H15NO2S.CH4.BH.U/c2*1-8-25-29-19-23(38)14-16-35(29,7)28-15-17-34(6)26(12-13-27(34)30(28)31(25)39)21(2)20-36-32(40)37-43(41,42)24-11-9-10-22(18-24)33(3,4)5;1-6-18-22-13-16(2)9-11-26(22,5)21-10-12-25(4)19(17(3)14-27-15-28)7-8-20(25)23(21)24(18)29;1-10(2,3)8-5-4-6-9(7-8)14(11,12)13;;;/h2*9-11,18,21,23,25-31,38-39H,8,12-17,19-20H2,1-7H3,(H2,36,37,40);16-24,29H,6-14H2,1-5H3;4-7H,1-3H3,(H2,11,12,13);1H4;1H;/t2*21-,23-,25-,26-,27+,28+,29+,30+,31-,34-,35-;16-,17-,18-,19-,20+,21+,22+,23+,24-,25-,26-;;;;/m111..../s1/i;;;;;1D;. The number of aliphatic imine (C=N–C) groups is 1. The van der Waals surface area contributed by atoms with Gasteiger partial charge in [-0.15, -0.1) is 0 Å². The van der Waals surface area contributed by atoms with Gasteiger partial charge < -0.3 is 36.2 Å². The number of primary sulfonamides is 1. The second kappa shape index (κ2) is 42.6. The zero-order valence-corrected chi connectivity index (χ0v) is 90.5. The predicted octanol–water partition coefficient (Wildman–Crippen LogP) is 19.9. The van der Waals surface area contributed by atoms with Gasteiger partial charge >= 0.3 is 12.1 Å². The molecule has 12 fully saturated rings. The van der Waals surface area contributed by atoms with E-state index >= 15 is 0 Å². The minimum Gasteiger partial charge on any atom is -0.393 e. The first kappa shape index (κ1) is 110. The van der Waals surface area contributed by atoms with E-state index in [4.69, 9.17) is 6.47 Å². The van der Waals surface area contributed by atoms with Crippen molar-refractivity contribution in [2.45, 2.75) is 375 Å². The van der Waals surface area contributed by atoms with Crippen molar-refractivity contribution in [1.29, 1.82) is 1.34 Å². The number of aliphatic hydroxyl groups excluding tert-OH is 5. The monoisotopic (exact) mass is 2110 g/mol. The van der Waals surface area contributed by atoms with Crippen molar-refractivity contribution in [1.82, 2.24) is 20.1 Å². The molecule has 0 unspecified atom stereocenters. The number of nitrogens with two attached hydrogens (primary N) is 1. The van der Waals surface area contributed by atoms with Gasteiger partial charge in [-0.2, -0.15) is 0 Å². The minimum absolute atomic E-state index is 0. The number of amides is 4. The number of fused-ring (bicyclic) bond motifs is 15. The van der Waals surface area contributed by atoms with Crippen LogP contribution < -0.4 is 25.2 Å². The van der Waals surface area contributed by atoms with E-state index in [0.29, 0.717) is 119 Å². The molecule has 12 aliphatic carbocycles. The Kier molecular flexibility index (Phi) is 35.6. The van der Waals surface area contributed by atoms with Crippen LogP contribution in [0.5, 0.6) is 0 Å². The number of hydrogen-bond acceptors (Lipinski definition) is 15. The molecule has 742 valence electrons. The molecule has 3 aromatic carbocycles. The maximum atomic E-state index is 13.0. The number of carbonyl (C=O) groups is 2. The SMILES string of the molecule is C.CC(C)(C)c1cccc(S(N)(=O)=O)c1.CC[C@H]1[C@@H](O)[C@@H]2[C@H](CC[C@]3(C)[C@@H]([C@H](C)CN=C=O)CC[C@@H]23)[C@@]2(C)CC[C@@H](C)C[C@@H]12.CC[C@H]1[C@@H](O)[C@@H]2[C@H](CC[C@]3(C)[C@@H]([C@H](C)CNC(=O)NS(=O)(=O)c4cccc(C(C)(C)C)c4)CC[C@@H]23)[C@@]2(C)CC[C@@H](O)C[C@@H]12.CC[C@H]1[C@@H](O)[C@@H]2[C@H](CC[C@]3(C)[C@@H]([C@H](C)CNC(=O)NS(=O)(=O)c4cccc(C(C)(C)C)c4)CC[C@@H]23)[C@@]2(C)CC[C@@H](O)C[C@@H]12.[2H][B].[U]. The van der Waals surface area contributed by atoms with E-state index in [1.54, 1.807) is 42.5 Å². The van der Waals surface area contributed by atoms with Crippen LogP contribution in [-0.4, -0.2) is 129 Å². The van der Waals surface area contributed by atoms with Crippen LogP contribution >= 0.6 is 0 Å². The van der Waals surface area contributed by atoms with Crippen LogP contribution in [0, 0.1) is 194 Å². The second-order valence-electron chi connectivity index (χ2n) is 48.7. The van der Waals surface area contributed by atoms with Crippen LogP contribution in [0.1, 0.15) is 331 Å².